The number of nitrogens with zero attached hydrogens (tertiary/aromatic N) is 1. The second kappa shape index (κ2) is 3.20. The van der Waals surface area contributed by atoms with E-state index in [2.05, 4.69) is 46.4 Å². The molecule has 1 N–H and O–H groups in total. The van der Waals surface area contributed by atoms with Gasteiger partial charge < -0.3 is 4.98 Å². The molecule has 0 bridgehead atoms. The molecular formula is C15H12N2. The molecule has 82 valence electrons. The Hall–Kier alpha value is -2.09. The van der Waals surface area contributed by atoms with Gasteiger partial charge in [-0.1, -0.05) is 36.4 Å². The highest BCUT2D eigenvalue weighted by atomic mass is 14.9. The Labute approximate surface area is 99.3 Å². The molecule has 0 spiro atoms. The van der Waals surface area contributed by atoms with Crippen LogP contribution in [-0.4, -0.2) is 9.97 Å². The van der Waals surface area contributed by atoms with E-state index in [1.165, 1.54) is 27.6 Å². The zero-order valence-electron chi connectivity index (χ0n) is 9.35. The van der Waals surface area contributed by atoms with E-state index in [1.54, 1.807) is 6.33 Å². The predicted octanol–water partition coefficient (Wildman–Crippen LogP) is 3.25. The third-order valence-electron chi connectivity index (χ3n) is 3.72. The molecule has 2 heteroatoms. The van der Waals surface area contributed by atoms with Gasteiger partial charge in [0.05, 0.1) is 6.33 Å². The number of aromatic nitrogens is 2. The topological polar surface area (TPSA) is 28.7 Å². The Bertz CT molecular complexity index is 678. The molecule has 2 nitrogen and oxygen atoms in total. The molecule has 0 amide bonds. The molecule has 2 aromatic carbocycles. The van der Waals surface area contributed by atoms with Crippen molar-refractivity contribution in [2.75, 3.05) is 0 Å². The first kappa shape index (κ1) is 8.99. The Kier molecular flexibility index (Phi) is 1.69. The standard InChI is InChI=1S/C15H12N2/c1-3-10-4-2-6-12-13(14-8-16-9-17-14)7-11(5-1)15(10)12/h1-6,8-9,13H,7H2,(H,16,17). The molecule has 17 heavy (non-hydrogen) atoms. The molecule has 1 aromatic heterocycles. The lowest BCUT2D eigenvalue weighted by Gasteiger charge is -2.08. The second-order valence-electron chi connectivity index (χ2n) is 4.63. The highest BCUT2D eigenvalue weighted by molar-refractivity contribution is 5.91. The van der Waals surface area contributed by atoms with E-state index in [-0.39, 0.29) is 0 Å². The van der Waals surface area contributed by atoms with Gasteiger partial charge in [0.1, 0.15) is 0 Å². The minimum absolute atomic E-state index is 0.443. The van der Waals surface area contributed by atoms with Crippen LogP contribution in [0.5, 0.6) is 0 Å². The molecule has 0 saturated carbocycles. The lowest BCUT2D eigenvalue weighted by atomic mass is 9.97. The van der Waals surface area contributed by atoms with E-state index >= 15 is 0 Å². The van der Waals surface area contributed by atoms with Crippen LogP contribution < -0.4 is 0 Å². The van der Waals surface area contributed by atoms with Crippen LogP contribution in [0.3, 0.4) is 0 Å². The molecule has 0 fully saturated rings. The van der Waals surface area contributed by atoms with Gasteiger partial charge >= 0.3 is 0 Å². The van der Waals surface area contributed by atoms with Gasteiger partial charge in [-0.25, -0.2) is 4.98 Å². The highest BCUT2D eigenvalue weighted by Crippen LogP contribution is 2.40. The number of hydrogen-bond acceptors (Lipinski definition) is 1. The molecule has 1 aliphatic rings. The fraction of sp³-hybridized carbons (Fsp3) is 0.133. The highest BCUT2D eigenvalue weighted by Gasteiger charge is 2.25. The van der Waals surface area contributed by atoms with Gasteiger partial charge in [-0.15, -0.1) is 0 Å². The molecule has 1 atom stereocenters. The van der Waals surface area contributed by atoms with Gasteiger partial charge in [0.25, 0.3) is 0 Å². The fourth-order valence-electron chi connectivity index (χ4n) is 2.97. The summed E-state index contributed by atoms with van der Waals surface area (Å²) in [5.41, 5.74) is 4.11. The van der Waals surface area contributed by atoms with Gasteiger partial charge in [-0.05, 0) is 28.3 Å². The van der Waals surface area contributed by atoms with Crippen molar-refractivity contribution in [1.29, 1.82) is 0 Å². The van der Waals surface area contributed by atoms with E-state index in [0.717, 1.165) is 6.42 Å². The van der Waals surface area contributed by atoms with Crippen LogP contribution >= 0.6 is 0 Å². The predicted molar refractivity (Wildman–Crippen MR) is 68.1 cm³/mol. The number of imidazole rings is 1. The van der Waals surface area contributed by atoms with Crippen molar-refractivity contribution >= 4 is 10.8 Å². The maximum Gasteiger partial charge on any atom is 0.0921 e. The Morgan fingerprint density at radius 1 is 1.12 bits per heavy atom. The third kappa shape index (κ3) is 1.18. The van der Waals surface area contributed by atoms with Gasteiger partial charge in [0.2, 0.25) is 0 Å². The zero-order valence-corrected chi connectivity index (χ0v) is 9.35. The number of nitrogens with one attached hydrogen (secondary N) is 1. The molecule has 1 unspecified atom stereocenters. The van der Waals surface area contributed by atoms with Gasteiger partial charge in [0.15, 0.2) is 0 Å². The summed E-state index contributed by atoms with van der Waals surface area (Å²) in [6.07, 6.45) is 4.78. The van der Waals surface area contributed by atoms with Crippen LogP contribution in [0.2, 0.25) is 0 Å². The lowest BCUT2D eigenvalue weighted by Crippen LogP contribution is -1.98. The van der Waals surface area contributed by atoms with Crippen molar-refractivity contribution in [3.63, 3.8) is 0 Å². The van der Waals surface area contributed by atoms with Crippen LogP contribution in [0, 0.1) is 0 Å². The zero-order chi connectivity index (χ0) is 11.2. The minimum atomic E-state index is 0.443. The van der Waals surface area contributed by atoms with E-state index < -0.39 is 0 Å². The normalized spacial score (nSPS) is 17.8. The Balaban J connectivity index is 2.01. The number of hydrogen-bond donors (Lipinski definition) is 1. The molecule has 4 rings (SSSR count). The molecule has 1 heterocycles. The monoisotopic (exact) mass is 220 g/mol. The maximum atomic E-state index is 4.14. The van der Waals surface area contributed by atoms with E-state index in [1.807, 2.05) is 6.20 Å². The first-order valence-corrected chi connectivity index (χ1v) is 5.92. The fourth-order valence-corrected chi connectivity index (χ4v) is 2.97. The van der Waals surface area contributed by atoms with E-state index in [4.69, 9.17) is 0 Å². The van der Waals surface area contributed by atoms with Crippen molar-refractivity contribution in [3.05, 3.63) is 65.7 Å². The summed E-state index contributed by atoms with van der Waals surface area (Å²) in [4.78, 5) is 7.38. The minimum Gasteiger partial charge on any atom is -0.348 e. The Morgan fingerprint density at radius 3 is 2.82 bits per heavy atom. The van der Waals surface area contributed by atoms with Gasteiger partial charge in [-0.2, -0.15) is 0 Å². The average molecular weight is 220 g/mol. The quantitative estimate of drug-likeness (QED) is 0.670. The summed E-state index contributed by atoms with van der Waals surface area (Å²) < 4.78 is 0. The van der Waals surface area contributed by atoms with Crippen molar-refractivity contribution in [2.45, 2.75) is 12.3 Å². The van der Waals surface area contributed by atoms with Crippen molar-refractivity contribution in [1.82, 2.24) is 9.97 Å². The van der Waals surface area contributed by atoms with Crippen LogP contribution in [0.25, 0.3) is 10.8 Å². The lowest BCUT2D eigenvalue weighted by molar-refractivity contribution is 0.818. The van der Waals surface area contributed by atoms with Gasteiger partial charge in [-0.3, -0.25) is 0 Å². The van der Waals surface area contributed by atoms with Crippen LogP contribution in [0.1, 0.15) is 22.7 Å². The number of benzene rings is 2. The summed E-state index contributed by atoms with van der Waals surface area (Å²) in [6, 6.07) is 13.2. The smallest absolute Gasteiger partial charge is 0.0921 e. The Morgan fingerprint density at radius 2 is 2.00 bits per heavy atom. The van der Waals surface area contributed by atoms with Crippen molar-refractivity contribution in [2.24, 2.45) is 0 Å². The largest absolute Gasteiger partial charge is 0.348 e. The molecule has 0 radical (unpaired) electrons. The number of aromatic amines is 1. The van der Waals surface area contributed by atoms with Crippen LogP contribution in [0.4, 0.5) is 0 Å². The summed E-state index contributed by atoms with van der Waals surface area (Å²) in [7, 11) is 0. The second-order valence-corrected chi connectivity index (χ2v) is 4.63. The molecular weight excluding hydrogens is 208 g/mol. The summed E-state index contributed by atoms with van der Waals surface area (Å²) in [5, 5.41) is 2.79. The summed E-state index contributed by atoms with van der Waals surface area (Å²) >= 11 is 0. The maximum absolute atomic E-state index is 4.14. The van der Waals surface area contributed by atoms with Crippen LogP contribution in [0.15, 0.2) is 48.9 Å². The number of rotatable bonds is 1. The molecule has 0 aliphatic heterocycles. The molecule has 1 aliphatic carbocycles. The van der Waals surface area contributed by atoms with E-state index in [9.17, 15) is 0 Å². The van der Waals surface area contributed by atoms with Crippen LogP contribution in [-0.2, 0) is 6.42 Å². The van der Waals surface area contributed by atoms with Gasteiger partial charge in [0, 0.05) is 17.8 Å². The summed E-state index contributed by atoms with van der Waals surface area (Å²) in [6.45, 7) is 0. The molecule has 0 saturated heterocycles. The average Bonchev–Trinajstić information content (AvgIpc) is 2.98. The van der Waals surface area contributed by atoms with E-state index in [0.29, 0.717) is 5.92 Å². The SMILES string of the molecule is c1cc2c3c(cccc3c1)C(c1cnc[nH]1)C2. The first-order chi connectivity index (χ1) is 8.43. The summed E-state index contributed by atoms with van der Waals surface area (Å²) in [5.74, 6) is 0.443. The third-order valence-corrected chi connectivity index (χ3v) is 3.72. The van der Waals surface area contributed by atoms with Crippen molar-refractivity contribution in [3.8, 4) is 0 Å². The van der Waals surface area contributed by atoms with Crippen molar-refractivity contribution < 1.29 is 0 Å². The number of H-pyrrole nitrogens is 1. The first-order valence-electron chi connectivity index (χ1n) is 5.92. The molecule has 3 aromatic rings.